The Labute approximate surface area is 152 Å². The summed E-state index contributed by atoms with van der Waals surface area (Å²) in [5, 5.41) is 11.7. The van der Waals surface area contributed by atoms with Crippen molar-refractivity contribution < 1.29 is 28.9 Å². The summed E-state index contributed by atoms with van der Waals surface area (Å²) < 4.78 is 15.8. The number of aromatic nitrogens is 1. The molecule has 9 heteroatoms. The Balaban J connectivity index is 1.43. The lowest BCUT2D eigenvalue weighted by atomic mass is 10.2. The van der Waals surface area contributed by atoms with Gasteiger partial charge in [0.15, 0.2) is 17.6 Å². The molecule has 26 heavy (non-hydrogen) atoms. The van der Waals surface area contributed by atoms with Gasteiger partial charge in [0.2, 0.25) is 12.7 Å². The van der Waals surface area contributed by atoms with Gasteiger partial charge in [-0.1, -0.05) is 0 Å². The van der Waals surface area contributed by atoms with E-state index in [0.717, 1.165) is 10.6 Å². The molecule has 1 N–H and O–H groups in total. The molecule has 0 radical (unpaired) electrons. The van der Waals surface area contributed by atoms with Gasteiger partial charge < -0.3 is 24.2 Å². The lowest BCUT2D eigenvalue weighted by Gasteiger charge is -2.30. The van der Waals surface area contributed by atoms with Crippen molar-refractivity contribution in [1.29, 1.82) is 0 Å². The van der Waals surface area contributed by atoms with Crippen LogP contribution < -0.4 is 9.47 Å². The molecular weight excluding hydrogens is 360 g/mol. The number of carboxylic acid groups (broad SMARTS) is 1. The van der Waals surface area contributed by atoms with Crippen LogP contribution in [-0.2, 0) is 20.7 Å². The van der Waals surface area contributed by atoms with Crippen molar-refractivity contribution in [2.45, 2.75) is 12.5 Å². The second-order valence-corrected chi connectivity index (χ2v) is 6.78. The van der Waals surface area contributed by atoms with Gasteiger partial charge in [-0.2, -0.15) is 0 Å². The summed E-state index contributed by atoms with van der Waals surface area (Å²) in [5.41, 5.74) is 1.56. The average molecular weight is 376 g/mol. The molecule has 1 saturated heterocycles. The van der Waals surface area contributed by atoms with Crippen LogP contribution in [0.3, 0.4) is 0 Å². The SMILES string of the molecule is O=C(O)C1CN(C(=O)Cc2csc(-c3ccc4c(c3)OCO4)n2)CCO1. The van der Waals surface area contributed by atoms with Gasteiger partial charge in [0.25, 0.3) is 0 Å². The number of amides is 1. The minimum absolute atomic E-state index is 0.0628. The zero-order chi connectivity index (χ0) is 18.1. The van der Waals surface area contributed by atoms with Crippen molar-refractivity contribution in [3.05, 3.63) is 29.3 Å². The molecule has 2 aromatic rings. The first-order valence-corrected chi connectivity index (χ1v) is 8.95. The normalized spacial score (nSPS) is 18.8. The Morgan fingerprint density at radius 1 is 1.31 bits per heavy atom. The molecule has 1 fully saturated rings. The van der Waals surface area contributed by atoms with Crippen LogP contribution in [0.15, 0.2) is 23.6 Å². The summed E-state index contributed by atoms with van der Waals surface area (Å²) in [6.07, 6.45) is -0.833. The number of thiazole rings is 1. The fourth-order valence-electron chi connectivity index (χ4n) is 2.84. The third kappa shape index (κ3) is 3.35. The molecule has 0 bridgehead atoms. The van der Waals surface area contributed by atoms with Crippen LogP contribution >= 0.6 is 11.3 Å². The third-order valence-electron chi connectivity index (χ3n) is 4.20. The van der Waals surface area contributed by atoms with Gasteiger partial charge in [-0.25, -0.2) is 9.78 Å². The first-order valence-electron chi connectivity index (χ1n) is 8.07. The highest BCUT2D eigenvalue weighted by Gasteiger charge is 2.29. The minimum Gasteiger partial charge on any atom is -0.479 e. The van der Waals surface area contributed by atoms with Crippen molar-refractivity contribution >= 4 is 23.2 Å². The van der Waals surface area contributed by atoms with Gasteiger partial charge in [-0.3, -0.25) is 4.79 Å². The van der Waals surface area contributed by atoms with Crippen LogP contribution in [0, 0.1) is 0 Å². The maximum atomic E-state index is 12.4. The zero-order valence-corrected chi connectivity index (χ0v) is 14.5. The zero-order valence-electron chi connectivity index (χ0n) is 13.7. The second kappa shape index (κ2) is 6.93. The fraction of sp³-hybridized carbons (Fsp3) is 0.353. The summed E-state index contributed by atoms with van der Waals surface area (Å²) in [6, 6.07) is 5.60. The van der Waals surface area contributed by atoms with E-state index in [9.17, 15) is 9.59 Å². The molecule has 136 valence electrons. The van der Waals surface area contributed by atoms with E-state index in [1.165, 1.54) is 16.2 Å². The number of fused-ring (bicyclic) bond motifs is 1. The predicted octanol–water partition coefficient (Wildman–Crippen LogP) is 1.39. The number of hydrogen-bond acceptors (Lipinski definition) is 7. The first kappa shape index (κ1) is 16.8. The molecule has 3 heterocycles. The van der Waals surface area contributed by atoms with Crippen LogP contribution in [0.2, 0.25) is 0 Å². The van der Waals surface area contributed by atoms with Crippen molar-refractivity contribution in [2.75, 3.05) is 26.5 Å². The Bertz CT molecular complexity index is 852. The topological polar surface area (TPSA) is 98.2 Å². The molecule has 0 saturated carbocycles. The highest BCUT2D eigenvalue weighted by atomic mass is 32.1. The monoisotopic (exact) mass is 376 g/mol. The standard InChI is InChI=1S/C17H16N2O6S/c20-15(19-3-4-23-14(7-19)17(21)22)6-11-8-26-16(18-11)10-1-2-12-13(5-10)25-9-24-12/h1-2,5,8,14H,3-4,6-7,9H2,(H,21,22). The molecule has 4 rings (SSSR count). The fourth-order valence-corrected chi connectivity index (χ4v) is 3.66. The van der Waals surface area contributed by atoms with Gasteiger partial charge in [0.1, 0.15) is 5.01 Å². The van der Waals surface area contributed by atoms with Crippen molar-refractivity contribution in [2.24, 2.45) is 0 Å². The number of hydrogen-bond donors (Lipinski definition) is 1. The van der Waals surface area contributed by atoms with E-state index >= 15 is 0 Å². The Kier molecular flexibility index (Phi) is 4.48. The number of ether oxygens (including phenoxy) is 3. The van der Waals surface area contributed by atoms with E-state index < -0.39 is 12.1 Å². The van der Waals surface area contributed by atoms with Crippen LogP contribution in [0.4, 0.5) is 0 Å². The number of carbonyl (C=O) groups is 2. The number of carboxylic acids is 1. The van der Waals surface area contributed by atoms with Crippen molar-refractivity contribution in [3.8, 4) is 22.1 Å². The first-order chi connectivity index (χ1) is 12.6. The highest BCUT2D eigenvalue weighted by molar-refractivity contribution is 7.13. The molecule has 1 atom stereocenters. The Hall–Kier alpha value is -2.65. The maximum Gasteiger partial charge on any atom is 0.334 e. The molecule has 1 aromatic carbocycles. The van der Waals surface area contributed by atoms with Crippen LogP contribution in [-0.4, -0.2) is 59.5 Å². The number of nitrogens with zero attached hydrogens (tertiary/aromatic N) is 2. The lowest BCUT2D eigenvalue weighted by Crippen LogP contribution is -2.49. The maximum absolute atomic E-state index is 12.4. The highest BCUT2D eigenvalue weighted by Crippen LogP contribution is 2.36. The third-order valence-corrected chi connectivity index (χ3v) is 5.14. The average Bonchev–Trinajstić information content (AvgIpc) is 3.30. The van der Waals surface area contributed by atoms with E-state index in [1.807, 2.05) is 23.6 Å². The van der Waals surface area contributed by atoms with E-state index in [4.69, 9.17) is 19.3 Å². The molecule has 8 nitrogen and oxygen atoms in total. The number of benzene rings is 1. The number of aliphatic carboxylic acids is 1. The van der Waals surface area contributed by atoms with Gasteiger partial charge in [-0.05, 0) is 18.2 Å². The Morgan fingerprint density at radius 2 is 2.15 bits per heavy atom. The van der Waals surface area contributed by atoms with Crippen LogP contribution in [0.1, 0.15) is 5.69 Å². The predicted molar refractivity (Wildman–Crippen MR) is 91.3 cm³/mol. The van der Waals surface area contributed by atoms with E-state index in [1.54, 1.807) is 0 Å². The molecule has 2 aliphatic rings. The molecule has 1 aromatic heterocycles. The molecular formula is C17H16N2O6S. The Morgan fingerprint density at radius 3 is 3.00 bits per heavy atom. The lowest BCUT2D eigenvalue weighted by molar-refractivity contribution is -0.159. The summed E-state index contributed by atoms with van der Waals surface area (Å²) in [5.74, 6) is 0.188. The largest absolute Gasteiger partial charge is 0.479 e. The number of carbonyl (C=O) groups excluding carboxylic acids is 1. The van der Waals surface area contributed by atoms with E-state index in [0.29, 0.717) is 23.7 Å². The summed E-state index contributed by atoms with van der Waals surface area (Å²) in [7, 11) is 0. The molecule has 0 aliphatic carbocycles. The summed E-state index contributed by atoms with van der Waals surface area (Å²) in [6.45, 7) is 0.893. The number of rotatable bonds is 4. The summed E-state index contributed by atoms with van der Waals surface area (Å²) in [4.78, 5) is 29.5. The quantitative estimate of drug-likeness (QED) is 0.861. The molecule has 1 unspecified atom stereocenters. The molecule has 2 aliphatic heterocycles. The van der Waals surface area contributed by atoms with Crippen LogP contribution in [0.25, 0.3) is 10.6 Å². The van der Waals surface area contributed by atoms with Crippen molar-refractivity contribution in [1.82, 2.24) is 9.88 Å². The minimum atomic E-state index is -1.05. The summed E-state index contributed by atoms with van der Waals surface area (Å²) >= 11 is 1.45. The smallest absolute Gasteiger partial charge is 0.334 e. The number of morpholine rings is 1. The van der Waals surface area contributed by atoms with Gasteiger partial charge >= 0.3 is 5.97 Å². The van der Waals surface area contributed by atoms with Crippen LogP contribution in [0.5, 0.6) is 11.5 Å². The second-order valence-electron chi connectivity index (χ2n) is 5.93. The van der Waals surface area contributed by atoms with Crippen molar-refractivity contribution in [3.63, 3.8) is 0 Å². The van der Waals surface area contributed by atoms with Gasteiger partial charge in [0, 0.05) is 17.5 Å². The molecule has 0 spiro atoms. The van der Waals surface area contributed by atoms with E-state index in [2.05, 4.69) is 4.98 Å². The van der Waals surface area contributed by atoms with E-state index in [-0.39, 0.29) is 32.3 Å². The molecule has 1 amide bonds. The van der Waals surface area contributed by atoms with Gasteiger partial charge in [-0.15, -0.1) is 11.3 Å². The van der Waals surface area contributed by atoms with Gasteiger partial charge in [0.05, 0.1) is 25.3 Å².